The van der Waals surface area contributed by atoms with E-state index in [2.05, 4.69) is 45.9 Å². The molecule has 0 unspecified atom stereocenters. The monoisotopic (exact) mass is 444 g/mol. The second-order valence-corrected chi connectivity index (χ2v) is 11.1. The van der Waals surface area contributed by atoms with E-state index in [1.165, 1.54) is 32.9 Å². The van der Waals surface area contributed by atoms with Gasteiger partial charge in [-0.25, -0.2) is 4.90 Å². The summed E-state index contributed by atoms with van der Waals surface area (Å²) in [7, 11) is 0. The molecule has 5 rings (SSSR count). The molecule has 4 nitrogen and oxygen atoms in total. The molecule has 2 saturated carbocycles. The van der Waals surface area contributed by atoms with Gasteiger partial charge in [-0.3, -0.25) is 9.59 Å². The number of nitrogens with zero attached hydrogens (tertiary/aromatic N) is 2. The fraction of sp³-hybridized carbons (Fsp3) is 0.444. The van der Waals surface area contributed by atoms with E-state index in [4.69, 9.17) is 0 Å². The van der Waals surface area contributed by atoms with Gasteiger partial charge in [0.1, 0.15) is 11.1 Å². The van der Waals surface area contributed by atoms with Gasteiger partial charge in [0.05, 0.1) is 17.4 Å². The lowest BCUT2D eigenvalue weighted by Crippen LogP contribution is -2.33. The van der Waals surface area contributed by atoms with Crippen molar-refractivity contribution in [3.05, 3.63) is 51.4 Å². The molecule has 1 aromatic carbocycles. The number of fused-ring (bicyclic) bond motifs is 5. The number of thiophene rings is 1. The van der Waals surface area contributed by atoms with E-state index in [9.17, 15) is 14.9 Å². The predicted molar refractivity (Wildman–Crippen MR) is 127 cm³/mol. The minimum Gasteiger partial charge on any atom is -0.274 e. The first-order chi connectivity index (χ1) is 15.3. The molecule has 2 heterocycles. The van der Waals surface area contributed by atoms with Crippen LogP contribution in [0.25, 0.3) is 11.1 Å². The van der Waals surface area contributed by atoms with E-state index in [0.717, 1.165) is 28.8 Å². The summed E-state index contributed by atoms with van der Waals surface area (Å²) in [4.78, 5) is 29.5. The maximum atomic E-state index is 13.6. The summed E-state index contributed by atoms with van der Waals surface area (Å²) in [6.07, 6.45) is 1.97. The highest BCUT2D eigenvalue weighted by Crippen LogP contribution is 2.61. The molecule has 0 spiro atoms. The first-order valence-electron chi connectivity index (χ1n) is 11.4. The van der Waals surface area contributed by atoms with Gasteiger partial charge in [-0.15, -0.1) is 11.3 Å². The van der Waals surface area contributed by atoms with Crippen LogP contribution in [-0.4, -0.2) is 11.8 Å². The SMILES string of the molecule is CC(C)=C1[C@H]2CC[C@H]1[C@@H]1C(=O)N(c3sc(C)c(-c4ccc(C(C)C)cc4)c3C#N)C(=O)[C@H]12. The molecule has 1 saturated heterocycles. The Bertz CT molecular complexity index is 1180. The maximum Gasteiger partial charge on any atom is 0.239 e. The Balaban J connectivity index is 1.57. The van der Waals surface area contributed by atoms with Crippen molar-refractivity contribution >= 4 is 28.2 Å². The van der Waals surface area contributed by atoms with Crippen LogP contribution < -0.4 is 4.90 Å². The third-order valence-electron chi connectivity index (χ3n) is 7.68. The lowest BCUT2D eigenvalue weighted by atomic mass is 9.81. The number of benzene rings is 1. The van der Waals surface area contributed by atoms with Crippen molar-refractivity contribution in [1.29, 1.82) is 5.26 Å². The summed E-state index contributed by atoms with van der Waals surface area (Å²) in [5.41, 5.74) is 6.08. The Labute approximate surface area is 193 Å². The van der Waals surface area contributed by atoms with E-state index in [0.29, 0.717) is 16.5 Å². The van der Waals surface area contributed by atoms with Crippen LogP contribution in [0.1, 0.15) is 62.5 Å². The minimum atomic E-state index is -0.256. The zero-order chi connectivity index (χ0) is 22.9. The number of allylic oxidation sites excluding steroid dienone is 2. The van der Waals surface area contributed by atoms with Crippen molar-refractivity contribution in [3.63, 3.8) is 0 Å². The fourth-order valence-corrected chi connectivity index (χ4v) is 7.50. The number of aryl methyl sites for hydroxylation is 1. The molecule has 0 N–H and O–H groups in total. The standard InChI is InChI=1S/C27H28N2O2S/c1-13(2)16-6-8-17(9-7-16)22-15(5)32-27(20(22)12-28)29-25(30)23-18-10-11-19(21(18)14(3)4)24(23)26(29)31/h6-9,13,18-19,23-24H,10-11H2,1-5H3/t18-,19-,23+,24+/m1/s1. The van der Waals surface area contributed by atoms with Gasteiger partial charge < -0.3 is 0 Å². The Morgan fingerprint density at radius 1 is 1.06 bits per heavy atom. The number of nitriles is 1. The van der Waals surface area contributed by atoms with Crippen molar-refractivity contribution in [2.75, 3.05) is 4.90 Å². The Kier molecular flexibility index (Phi) is 4.90. The van der Waals surface area contributed by atoms with Gasteiger partial charge in [0, 0.05) is 10.4 Å². The fourth-order valence-electron chi connectivity index (χ4n) is 6.37. The summed E-state index contributed by atoms with van der Waals surface area (Å²) in [5, 5.41) is 10.6. The zero-order valence-electron chi connectivity index (χ0n) is 19.2. The minimum absolute atomic E-state index is 0.106. The number of hydrogen-bond donors (Lipinski definition) is 0. The highest BCUT2D eigenvalue weighted by Gasteiger charge is 2.64. The summed E-state index contributed by atoms with van der Waals surface area (Å²) < 4.78 is 0. The third-order valence-corrected chi connectivity index (χ3v) is 8.77. The van der Waals surface area contributed by atoms with Gasteiger partial charge in [-0.05, 0) is 62.5 Å². The number of imide groups is 1. The van der Waals surface area contributed by atoms with Crippen LogP contribution in [0.3, 0.4) is 0 Å². The highest BCUT2D eigenvalue weighted by atomic mass is 32.1. The quantitative estimate of drug-likeness (QED) is 0.418. The third kappa shape index (κ3) is 2.79. The average molecular weight is 445 g/mol. The lowest BCUT2D eigenvalue weighted by molar-refractivity contribution is -0.122. The molecule has 2 amide bonds. The Morgan fingerprint density at radius 3 is 2.09 bits per heavy atom. The van der Waals surface area contributed by atoms with Crippen LogP contribution in [0.15, 0.2) is 35.4 Å². The van der Waals surface area contributed by atoms with E-state index < -0.39 is 0 Å². The molecule has 2 aliphatic carbocycles. The van der Waals surface area contributed by atoms with E-state index in [1.54, 1.807) is 0 Å². The van der Waals surface area contributed by atoms with Crippen molar-refractivity contribution in [3.8, 4) is 17.2 Å². The van der Waals surface area contributed by atoms with E-state index in [1.807, 2.05) is 19.1 Å². The van der Waals surface area contributed by atoms with Gasteiger partial charge in [-0.2, -0.15) is 5.26 Å². The number of hydrogen-bond acceptors (Lipinski definition) is 4. The van der Waals surface area contributed by atoms with Gasteiger partial charge in [-0.1, -0.05) is 49.3 Å². The summed E-state index contributed by atoms with van der Waals surface area (Å²) in [5.74, 6) is 0.0784. The van der Waals surface area contributed by atoms with Crippen molar-refractivity contribution in [1.82, 2.24) is 0 Å². The first kappa shape index (κ1) is 21.2. The molecule has 1 aliphatic heterocycles. The molecule has 1 aromatic heterocycles. The topological polar surface area (TPSA) is 61.2 Å². The molecule has 2 aromatic rings. The van der Waals surface area contributed by atoms with Crippen LogP contribution in [0, 0.1) is 41.9 Å². The number of anilines is 1. The summed E-state index contributed by atoms with van der Waals surface area (Å²) >= 11 is 1.39. The number of rotatable bonds is 3. The Morgan fingerprint density at radius 2 is 1.62 bits per heavy atom. The van der Waals surface area contributed by atoms with Crippen LogP contribution in [0.4, 0.5) is 5.00 Å². The second-order valence-electron chi connectivity index (χ2n) is 9.91. The Hall–Kier alpha value is -2.71. The smallest absolute Gasteiger partial charge is 0.239 e. The summed E-state index contributed by atoms with van der Waals surface area (Å²) in [6, 6.07) is 10.6. The summed E-state index contributed by atoms with van der Waals surface area (Å²) in [6.45, 7) is 10.5. The predicted octanol–water partition coefficient (Wildman–Crippen LogP) is 6.20. The molecule has 0 radical (unpaired) electrons. The maximum absolute atomic E-state index is 13.6. The highest BCUT2D eigenvalue weighted by molar-refractivity contribution is 7.17. The van der Waals surface area contributed by atoms with Gasteiger partial charge in [0.25, 0.3) is 0 Å². The largest absolute Gasteiger partial charge is 0.274 e. The molecule has 4 atom stereocenters. The van der Waals surface area contributed by atoms with Crippen molar-refractivity contribution in [2.24, 2.45) is 23.7 Å². The number of carbonyl (C=O) groups is 2. The molecular formula is C27H28N2O2S. The zero-order valence-corrected chi connectivity index (χ0v) is 20.0. The van der Waals surface area contributed by atoms with Gasteiger partial charge >= 0.3 is 0 Å². The average Bonchev–Trinajstić information content (AvgIpc) is 3.47. The molecule has 32 heavy (non-hydrogen) atoms. The van der Waals surface area contributed by atoms with E-state index >= 15 is 0 Å². The van der Waals surface area contributed by atoms with Crippen LogP contribution in [0.2, 0.25) is 0 Å². The molecule has 2 bridgehead atoms. The van der Waals surface area contributed by atoms with E-state index in [-0.39, 0.29) is 35.5 Å². The first-order valence-corrected chi connectivity index (χ1v) is 12.3. The molecule has 3 fully saturated rings. The van der Waals surface area contributed by atoms with Crippen LogP contribution in [0.5, 0.6) is 0 Å². The van der Waals surface area contributed by atoms with Crippen LogP contribution >= 0.6 is 11.3 Å². The van der Waals surface area contributed by atoms with Crippen molar-refractivity contribution < 1.29 is 9.59 Å². The van der Waals surface area contributed by atoms with Gasteiger partial charge in [0.2, 0.25) is 11.8 Å². The normalized spacial score (nSPS) is 26.3. The number of amides is 2. The van der Waals surface area contributed by atoms with Crippen LogP contribution in [-0.2, 0) is 9.59 Å². The lowest BCUT2D eigenvalue weighted by Gasteiger charge is -2.18. The second kappa shape index (κ2) is 7.42. The van der Waals surface area contributed by atoms with Crippen molar-refractivity contribution in [2.45, 2.75) is 53.4 Å². The molecule has 3 aliphatic rings. The molecular weight excluding hydrogens is 416 g/mol. The number of carbonyl (C=O) groups excluding carboxylic acids is 2. The van der Waals surface area contributed by atoms with Gasteiger partial charge in [0.15, 0.2) is 0 Å². The molecule has 164 valence electrons. The molecule has 5 heteroatoms.